The molecule has 1 aliphatic carbocycles. The van der Waals surface area contributed by atoms with Crippen molar-refractivity contribution >= 4 is 16.8 Å². The zero-order valence-corrected chi connectivity index (χ0v) is 20.8. The summed E-state index contributed by atoms with van der Waals surface area (Å²) >= 11 is 0. The van der Waals surface area contributed by atoms with E-state index in [-0.39, 0.29) is 11.8 Å². The van der Waals surface area contributed by atoms with Gasteiger partial charge in [-0.1, -0.05) is 38.1 Å². The van der Waals surface area contributed by atoms with Crippen molar-refractivity contribution in [1.82, 2.24) is 19.5 Å². The molecule has 2 aromatic carbocycles. The van der Waals surface area contributed by atoms with Gasteiger partial charge in [0.25, 0.3) is 0 Å². The molecule has 1 atom stereocenters. The van der Waals surface area contributed by atoms with Crippen LogP contribution in [0.1, 0.15) is 104 Å². The minimum absolute atomic E-state index is 0.148. The summed E-state index contributed by atoms with van der Waals surface area (Å²) in [6.07, 6.45) is 10.4. The Labute approximate surface area is 206 Å². The van der Waals surface area contributed by atoms with Gasteiger partial charge in [0.15, 0.2) is 5.78 Å². The fraction of sp³-hybridized carbons (Fsp3) is 0.400. The summed E-state index contributed by atoms with van der Waals surface area (Å²) in [5.41, 5.74) is 7.72. The Balaban J connectivity index is 1.44. The molecule has 5 heteroatoms. The fourth-order valence-corrected chi connectivity index (χ4v) is 5.88. The number of ketones is 1. The van der Waals surface area contributed by atoms with Crippen molar-refractivity contribution in [3.8, 4) is 11.1 Å². The summed E-state index contributed by atoms with van der Waals surface area (Å²) in [6.45, 7) is 6.07. The van der Waals surface area contributed by atoms with Crippen LogP contribution in [0.4, 0.5) is 0 Å². The lowest BCUT2D eigenvalue weighted by atomic mass is 9.89. The highest BCUT2D eigenvalue weighted by Gasteiger charge is 2.35. The molecule has 0 unspecified atom stereocenters. The number of aromatic nitrogens is 4. The van der Waals surface area contributed by atoms with Gasteiger partial charge < -0.3 is 4.57 Å². The van der Waals surface area contributed by atoms with E-state index < -0.39 is 0 Å². The Kier molecular flexibility index (Phi) is 5.51. The van der Waals surface area contributed by atoms with Crippen LogP contribution in [-0.2, 0) is 6.42 Å². The third-order valence-corrected chi connectivity index (χ3v) is 7.94. The number of hydrogen-bond donors (Lipinski definition) is 0. The highest BCUT2D eigenvalue weighted by Crippen LogP contribution is 2.47. The average Bonchev–Trinajstić information content (AvgIpc) is 3.55. The fourth-order valence-electron chi connectivity index (χ4n) is 5.88. The van der Waals surface area contributed by atoms with Crippen LogP contribution in [0.25, 0.3) is 22.2 Å². The van der Waals surface area contributed by atoms with E-state index in [9.17, 15) is 4.79 Å². The van der Waals surface area contributed by atoms with Crippen molar-refractivity contribution in [2.24, 2.45) is 0 Å². The van der Waals surface area contributed by atoms with Gasteiger partial charge in [0.1, 0.15) is 11.6 Å². The summed E-state index contributed by atoms with van der Waals surface area (Å²) in [7, 11) is 0. The first-order valence-corrected chi connectivity index (χ1v) is 13.1. The molecule has 6 rings (SSSR count). The van der Waals surface area contributed by atoms with Gasteiger partial charge >= 0.3 is 0 Å². The van der Waals surface area contributed by atoms with E-state index in [4.69, 9.17) is 15.0 Å². The summed E-state index contributed by atoms with van der Waals surface area (Å²) in [5.74, 6) is 3.19. The second-order valence-corrected chi connectivity index (χ2v) is 10.1. The lowest BCUT2D eigenvalue weighted by Gasteiger charge is -2.22. The van der Waals surface area contributed by atoms with E-state index >= 15 is 0 Å². The number of fused-ring (bicyclic) bond motifs is 3. The standard InChI is InChI=1S/C30H32N4O/c1-4-19(5-2)30-31-16-22(17-32-30)21-11-12-25-27(15-21)34-26(13-14-28(34)33-25)29-23(18(3)35)7-6-8-24(29)20-9-10-20/h6-8,11-12,15-17,19-20,26H,4-5,9-10,13-14H2,1-3H3/t26-/m1/s1. The lowest BCUT2D eigenvalue weighted by Crippen LogP contribution is -2.13. The van der Waals surface area contributed by atoms with Crippen LogP contribution in [0, 0.1) is 0 Å². The summed E-state index contributed by atoms with van der Waals surface area (Å²) in [4.78, 5) is 27.0. The molecule has 2 aliphatic rings. The van der Waals surface area contributed by atoms with Crippen LogP contribution in [-0.4, -0.2) is 25.3 Å². The lowest BCUT2D eigenvalue weighted by molar-refractivity contribution is 0.101. The molecule has 0 bridgehead atoms. The first-order valence-electron chi connectivity index (χ1n) is 13.1. The van der Waals surface area contributed by atoms with Crippen molar-refractivity contribution in [2.45, 2.75) is 77.2 Å². The smallest absolute Gasteiger partial charge is 0.160 e. The maximum Gasteiger partial charge on any atom is 0.160 e. The number of carbonyl (C=O) groups excluding carboxylic acids is 1. The van der Waals surface area contributed by atoms with Crippen molar-refractivity contribution in [1.29, 1.82) is 0 Å². The molecule has 0 amide bonds. The first kappa shape index (κ1) is 22.1. The number of rotatable bonds is 7. The van der Waals surface area contributed by atoms with Crippen LogP contribution in [0.3, 0.4) is 0 Å². The predicted octanol–water partition coefficient (Wildman–Crippen LogP) is 7.01. The first-order chi connectivity index (χ1) is 17.1. The zero-order valence-electron chi connectivity index (χ0n) is 20.8. The maximum atomic E-state index is 12.7. The largest absolute Gasteiger partial charge is 0.320 e. The van der Waals surface area contributed by atoms with Gasteiger partial charge in [-0.15, -0.1) is 0 Å². The van der Waals surface area contributed by atoms with Gasteiger partial charge in [0.05, 0.1) is 17.1 Å². The number of benzene rings is 2. The quantitative estimate of drug-likeness (QED) is 0.276. The van der Waals surface area contributed by atoms with Crippen LogP contribution >= 0.6 is 0 Å². The minimum Gasteiger partial charge on any atom is -0.320 e. The number of imidazole rings is 1. The molecule has 4 aromatic rings. The molecule has 1 fully saturated rings. The summed E-state index contributed by atoms with van der Waals surface area (Å²) < 4.78 is 2.39. The van der Waals surface area contributed by atoms with Gasteiger partial charge in [-0.05, 0) is 73.8 Å². The number of carbonyl (C=O) groups is 1. The van der Waals surface area contributed by atoms with Crippen LogP contribution in [0.2, 0.25) is 0 Å². The van der Waals surface area contributed by atoms with Crippen molar-refractivity contribution < 1.29 is 4.79 Å². The van der Waals surface area contributed by atoms with Crippen molar-refractivity contribution in [3.05, 3.63) is 77.1 Å². The molecule has 35 heavy (non-hydrogen) atoms. The molecular weight excluding hydrogens is 432 g/mol. The third-order valence-electron chi connectivity index (χ3n) is 7.94. The SMILES string of the molecule is CCC(CC)c1ncc(-c2ccc3nc4n(c3c2)[C@@H](c2c(C(C)=O)cccc2C2CC2)CC4)cn1. The van der Waals surface area contributed by atoms with Crippen LogP contribution in [0.15, 0.2) is 48.8 Å². The number of hydrogen-bond acceptors (Lipinski definition) is 4. The van der Waals surface area contributed by atoms with Crippen molar-refractivity contribution in [3.63, 3.8) is 0 Å². The van der Waals surface area contributed by atoms with Gasteiger partial charge in [-0.2, -0.15) is 0 Å². The zero-order chi connectivity index (χ0) is 24.1. The molecule has 0 saturated heterocycles. The maximum absolute atomic E-state index is 12.7. The molecule has 2 aromatic heterocycles. The molecule has 0 N–H and O–H groups in total. The van der Waals surface area contributed by atoms with Gasteiger partial charge in [-0.3, -0.25) is 4.79 Å². The Morgan fingerprint density at radius 2 is 1.80 bits per heavy atom. The molecule has 5 nitrogen and oxygen atoms in total. The highest BCUT2D eigenvalue weighted by molar-refractivity contribution is 5.96. The monoisotopic (exact) mass is 464 g/mol. The highest BCUT2D eigenvalue weighted by atomic mass is 16.1. The molecule has 178 valence electrons. The predicted molar refractivity (Wildman–Crippen MR) is 139 cm³/mol. The molecule has 3 heterocycles. The van der Waals surface area contributed by atoms with Crippen molar-refractivity contribution in [2.75, 3.05) is 0 Å². The normalized spacial score (nSPS) is 17.3. The molecule has 0 radical (unpaired) electrons. The van der Waals surface area contributed by atoms with E-state index in [2.05, 4.69) is 48.7 Å². The summed E-state index contributed by atoms with van der Waals surface area (Å²) in [6, 6.07) is 12.9. The second-order valence-electron chi connectivity index (χ2n) is 10.1. The minimum atomic E-state index is 0.148. The number of nitrogens with zero attached hydrogens (tertiary/aromatic N) is 4. The van der Waals surface area contributed by atoms with E-state index in [1.54, 1.807) is 6.92 Å². The van der Waals surface area contributed by atoms with E-state index in [1.165, 1.54) is 24.0 Å². The Morgan fingerprint density at radius 1 is 1.03 bits per heavy atom. The Bertz CT molecular complexity index is 1410. The molecule has 1 saturated carbocycles. The second kappa shape index (κ2) is 8.71. The molecule has 0 spiro atoms. The van der Waals surface area contributed by atoms with E-state index in [0.717, 1.165) is 65.1 Å². The third kappa shape index (κ3) is 3.78. The Hall–Kier alpha value is -3.34. The molecule has 1 aliphatic heterocycles. The summed E-state index contributed by atoms with van der Waals surface area (Å²) in [5, 5.41) is 0. The van der Waals surface area contributed by atoms with E-state index in [1.807, 2.05) is 18.5 Å². The number of aryl methyl sites for hydroxylation is 1. The van der Waals surface area contributed by atoms with Gasteiger partial charge in [0.2, 0.25) is 0 Å². The van der Waals surface area contributed by atoms with Gasteiger partial charge in [0, 0.05) is 35.9 Å². The van der Waals surface area contributed by atoms with E-state index in [0.29, 0.717) is 11.8 Å². The Morgan fingerprint density at radius 3 is 2.49 bits per heavy atom. The number of Topliss-reactive ketones (excluding diaryl/α,β-unsaturated/α-hetero) is 1. The van der Waals surface area contributed by atoms with Crippen LogP contribution < -0.4 is 0 Å². The average molecular weight is 465 g/mol. The topological polar surface area (TPSA) is 60.7 Å². The van der Waals surface area contributed by atoms with Crippen LogP contribution in [0.5, 0.6) is 0 Å². The molecular formula is C30H32N4O. The van der Waals surface area contributed by atoms with Gasteiger partial charge in [-0.25, -0.2) is 15.0 Å².